The van der Waals surface area contributed by atoms with E-state index in [9.17, 15) is 0 Å². The van der Waals surface area contributed by atoms with E-state index in [0.717, 1.165) is 60.8 Å². The zero-order chi connectivity index (χ0) is 44.2. The second-order valence-electron chi connectivity index (χ2n) is 19.3. The maximum atomic E-state index is 5.43. The second kappa shape index (κ2) is 14.2. The molecule has 8 aromatic carbocycles. The van der Waals surface area contributed by atoms with Crippen molar-refractivity contribution in [2.24, 2.45) is 5.41 Å². The predicted molar refractivity (Wildman–Crippen MR) is 270 cm³/mol. The first-order valence-electron chi connectivity index (χ1n) is 22.7. The van der Waals surface area contributed by atoms with Crippen LogP contribution in [0.4, 0.5) is 0 Å². The van der Waals surface area contributed by atoms with Crippen LogP contribution in [-0.4, -0.2) is 24.1 Å². The van der Waals surface area contributed by atoms with Crippen LogP contribution in [-0.2, 0) is 10.8 Å². The first-order valence-corrected chi connectivity index (χ1v) is 22.7. The number of rotatable bonds is 6. The van der Waals surface area contributed by atoms with E-state index >= 15 is 0 Å². The maximum Gasteiger partial charge on any atom is 0.238 e. The zero-order valence-electron chi connectivity index (χ0n) is 37.6. The molecule has 3 aromatic heterocycles. The summed E-state index contributed by atoms with van der Waals surface area (Å²) in [5.74, 6) is 1.79. The molecule has 0 amide bonds. The molecule has 0 aliphatic heterocycles. The van der Waals surface area contributed by atoms with E-state index in [4.69, 9.17) is 15.0 Å². The Morgan fingerprint density at radius 1 is 0.338 bits per heavy atom. The summed E-state index contributed by atoms with van der Waals surface area (Å²) < 4.78 is 4.78. The second-order valence-corrected chi connectivity index (χ2v) is 19.3. The normalized spacial score (nSPS) is 15.0. The number of fused-ring (bicyclic) bond motifs is 8. The lowest BCUT2D eigenvalue weighted by molar-refractivity contribution is 0.125. The van der Waals surface area contributed by atoms with Crippen LogP contribution in [0.15, 0.2) is 188 Å². The van der Waals surface area contributed by atoms with Crippen LogP contribution in [0, 0.1) is 5.41 Å². The van der Waals surface area contributed by atoms with Gasteiger partial charge in [-0.1, -0.05) is 205 Å². The van der Waals surface area contributed by atoms with Crippen LogP contribution in [0.3, 0.4) is 0 Å². The van der Waals surface area contributed by atoms with Gasteiger partial charge in [0, 0.05) is 38.4 Å². The molecule has 0 N–H and O–H groups in total. The Morgan fingerprint density at radius 2 is 0.754 bits per heavy atom. The fraction of sp³-hybridized carbons (Fsp3) is 0.150. The highest BCUT2D eigenvalue weighted by molar-refractivity contribution is 6.23. The van der Waals surface area contributed by atoms with E-state index in [-0.39, 0.29) is 16.2 Å². The highest BCUT2D eigenvalue weighted by atomic mass is 15.2. The summed E-state index contributed by atoms with van der Waals surface area (Å²) >= 11 is 0. The molecule has 0 bridgehead atoms. The van der Waals surface area contributed by atoms with Crippen molar-refractivity contribution in [2.75, 3.05) is 0 Å². The molecule has 11 aromatic rings. The SMILES string of the molecule is CC1(C)c2ccc(-n3c4ccccc4c4ccc5c6ccccc6n(-c6nc(-c7ccc(-c8ccccc8)cc7)nc(-c7ccc(-c8ccccc8)cc7)n6)c5c43)cc2C(C)(C)C1(C)C. The Bertz CT molecular complexity index is 3550. The van der Waals surface area contributed by atoms with E-state index in [1.807, 2.05) is 12.1 Å². The third-order valence-electron chi connectivity index (χ3n) is 15.5. The predicted octanol–water partition coefficient (Wildman–Crippen LogP) is 15.3. The fourth-order valence-electron chi connectivity index (χ4n) is 10.8. The molecule has 314 valence electrons. The van der Waals surface area contributed by atoms with Crippen molar-refractivity contribution in [3.63, 3.8) is 0 Å². The number of hydrogen-bond donors (Lipinski definition) is 0. The van der Waals surface area contributed by atoms with Gasteiger partial charge in [0.2, 0.25) is 5.95 Å². The molecular weight excluding hydrogens is 791 g/mol. The Balaban J connectivity index is 1.14. The van der Waals surface area contributed by atoms with Crippen LogP contribution in [0.2, 0.25) is 0 Å². The fourth-order valence-corrected chi connectivity index (χ4v) is 10.8. The van der Waals surface area contributed by atoms with Crippen molar-refractivity contribution in [1.82, 2.24) is 24.1 Å². The molecule has 3 heterocycles. The maximum absolute atomic E-state index is 5.43. The van der Waals surface area contributed by atoms with Crippen molar-refractivity contribution < 1.29 is 0 Å². The minimum atomic E-state index is -0.0545. The Kier molecular flexibility index (Phi) is 8.51. The topological polar surface area (TPSA) is 48.5 Å². The van der Waals surface area contributed by atoms with Gasteiger partial charge in [-0.3, -0.25) is 4.57 Å². The molecule has 65 heavy (non-hydrogen) atoms. The number of aromatic nitrogens is 5. The molecule has 0 unspecified atom stereocenters. The van der Waals surface area contributed by atoms with E-state index in [0.29, 0.717) is 17.6 Å². The van der Waals surface area contributed by atoms with Gasteiger partial charge in [0.1, 0.15) is 0 Å². The lowest BCUT2D eigenvalue weighted by Gasteiger charge is -2.44. The Labute approximate surface area is 379 Å². The molecule has 5 nitrogen and oxygen atoms in total. The van der Waals surface area contributed by atoms with E-state index in [1.165, 1.54) is 33.0 Å². The molecule has 0 atom stereocenters. The van der Waals surface area contributed by atoms with Crippen molar-refractivity contribution in [3.8, 4) is 56.7 Å². The van der Waals surface area contributed by atoms with Gasteiger partial charge in [0.15, 0.2) is 11.6 Å². The minimum Gasteiger partial charge on any atom is -0.307 e. The van der Waals surface area contributed by atoms with Gasteiger partial charge in [-0.15, -0.1) is 0 Å². The third-order valence-corrected chi connectivity index (χ3v) is 15.5. The van der Waals surface area contributed by atoms with Crippen molar-refractivity contribution in [2.45, 2.75) is 52.4 Å². The van der Waals surface area contributed by atoms with Crippen LogP contribution in [0.5, 0.6) is 0 Å². The summed E-state index contributed by atoms with van der Waals surface area (Å²) in [7, 11) is 0. The highest BCUT2D eigenvalue weighted by Gasteiger charge is 2.56. The number of hydrogen-bond acceptors (Lipinski definition) is 3. The highest BCUT2D eigenvalue weighted by Crippen LogP contribution is 2.61. The van der Waals surface area contributed by atoms with Gasteiger partial charge in [-0.2, -0.15) is 9.97 Å². The molecular formula is C60H49N5. The quantitative estimate of drug-likeness (QED) is 0.168. The first kappa shape index (κ1) is 39.0. The lowest BCUT2D eigenvalue weighted by Crippen LogP contribution is -2.42. The standard InChI is InChI=1S/C60H49N5/c1-58(2)49-36-33-44(37-50(49)59(3,4)60(58,5)6)64-51-23-15-13-21-45(51)47-34-35-48-46-22-14-16-24-52(46)65(54(48)53(47)64)57-62-55(42-29-25-40(26-30-42)38-17-9-7-10-18-38)61-56(63-57)43-31-27-41(28-32-43)39-19-11-8-12-20-39/h7-37H,1-6H3. The lowest BCUT2D eigenvalue weighted by atomic mass is 9.59. The van der Waals surface area contributed by atoms with Gasteiger partial charge in [0.05, 0.1) is 22.1 Å². The smallest absolute Gasteiger partial charge is 0.238 e. The zero-order valence-corrected chi connectivity index (χ0v) is 37.6. The average Bonchev–Trinajstić information content (AvgIpc) is 3.90. The van der Waals surface area contributed by atoms with Crippen LogP contribution in [0.1, 0.15) is 52.7 Å². The monoisotopic (exact) mass is 839 g/mol. The summed E-state index contributed by atoms with van der Waals surface area (Å²) in [4.78, 5) is 16.1. The largest absolute Gasteiger partial charge is 0.307 e. The van der Waals surface area contributed by atoms with E-state index in [1.54, 1.807) is 0 Å². The number of benzene rings is 8. The molecule has 0 fully saturated rings. The third kappa shape index (κ3) is 5.74. The summed E-state index contributed by atoms with van der Waals surface area (Å²) in [6.45, 7) is 14.5. The summed E-state index contributed by atoms with van der Waals surface area (Å²) in [6.07, 6.45) is 0. The van der Waals surface area contributed by atoms with Crippen molar-refractivity contribution >= 4 is 43.6 Å². The molecule has 0 radical (unpaired) electrons. The van der Waals surface area contributed by atoms with E-state index in [2.05, 4.69) is 227 Å². The van der Waals surface area contributed by atoms with Crippen LogP contribution >= 0.6 is 0 Å². The summed E-state index contributed by atoms with van der Waals surface area (Å²) in [6, 6.07) is 67.4. The van der Waals surface area contributed by atoms with Crippen LogP contribution < -0.4 is 0 Å². The Hall–Kier alpha value is -7.63. The average molecular weight is 840 g/mol. The van der Waals surface area contributed by atoms with Gasteiger partial charge in [0.25, 0.3) is 0 Å². The Morgan fingerprint density at radius 3 is 1.28 bits per heavy atom. The minimum absolute atomic E-state index is 0.00269. The molecule has 0 spiro atoms. The molecule has 1 aliphatic rings. The molecule has 1 aliphatic carbocycles. The van der Waals surface area contributed by atoms with Crippen LogP contribution in [0.25, 0.3) is 100 Å². The number of nitrogens with zero attached hydrogens (tertiary/aromatic N) is 5. The van der Waals surface area contributed by atoms with Gasteiger partial charge in [-0.25, -0.2) is 4.98 Å². The van der Waals surface area contributed by atoms with Gasteiger partial charge < -0.3 is 4.57 Å². The van der Waals surface area contributed by atoms with Gasteiger partial charge >= 0.3 is 0 Å². The first-order chi connectivity index (χ1) is 31.5. The summed E-state index contributed by atoms with van der Waals surface area (Å²) in [5.41, 5.74) is 14.8. The molecule has 12 rings (SSSR count). The molecule has 0 saturated carbocycles. The van der Waals surface area contributed by atoms with Crippen molar-refractivity contribution in [3.05, 3.63) is 199 Å². The molecule has 5 heteroatoms. The van der Waals surface area contributed by atoms with Crippen molar-refractivity contribution in [1.29, 1.82) is 0 Å². The number of para-hydroxylation sites is 2. The van der Waals surface area contributed by atoms with Gasteiger partial charge in [-0.05, 0) is 73.9 Å². The summed E-state index contributed by atoms with van der Waals surface area (Å²) in [5, 5.41) is 4.67. The molecule has 0 saturated heterocycles. The van der Waals surface area contributed by atoms with E-state index < -0.39 is 0 Å².